The first-order chi connectivity index (χ1) is 10.8. The van der Waals surface area contributed by atoms with Gasteiger partial charge < -0.3 is 8.83 Å². The van der Waals surface area contributed by atoms with E-state index in [2.05, 4.69) is 26.4 Å². The maximum Gasteiger partial charge on any atom is 0.283 e. The van der Waals surface area contributed by atoms with E-state index in [1.165, 1.54) is 12.0 Å². The van der Waals surface area contributed by atoms with Crippen molar-refractivity contribution in [3.8, 4) is 11.7 Å². The van der Waals surface area contributed by atoms with Crippen LogP contribution in [0.2, 0.25) is 0 Å². The monoisotopic (exact) mass is 299 g/mol. The van der Waals surface area contributed by atoms with Crippen LogP contribution < -0.4 is 0 Å². The van der Waals surface area contributed by atoms with E-state index in [9.17, 15) is 0 Å². The fraction of sp³-hybridized carbons (Fsp3) is 0.400. The van der Waals surface area contributed by atoms with Crippen LogP contribution in [0.1, 0.15) is 30.3 Å². The van der Waals surface area contributed by atoms with Crippen molar-refractivity contribution in [3.63, 3.8) is 0 Å². The molecule has 3 aromatic rings. The van der Waals surface area contributed by atoms with Crippen molar-refractivity contribution in [1.82, 2.24) is 24.9 Å². The van der Waals surface area contributed by atoms with Crippen molar-refractivity contribution >= 4 is 0 Å². The van der Waals surface area contributed by atoms with Crippen molar-refractivity contribution in [2.45, 2.75) is 25.4 Å². The van der Waals surface area contributed by atoms with E-state index in [4.69, 9.17) is 8.83 Å². The number of nitrogens with zero attached hydrogens (tertiary/aromatic N) is 5. The first-order valence-electron chi connectivity index (χ1n) is 7.38. The second kappa shape index (κ2) is 5.42. The number of hydrogen-bond donors (Lipinski definition) is 0. The van der Waals surface area contributed by atoms with E-state index in [1.807, 2.05) is 24.0 Å². The number of aromatic nitrogens is 4. The molecule has 0 aliphatic carbocycles. The van der Waals surface area contributed by atoms with Crippen molar-refractivity contribution in [2.24, 2.45) is 7.05 Å². The molecule has 4 heterocycles. The Morgan fingerprint density at radius 3 is 3.09 bits per heavy atom. The predicted octanol–water partition coefficient (Wildman–Crippen LogP) is 2.40. The second-order valence-electron chi connectivity index (χ2n) is 5.55. The molecule has 1 aliphatic rings. The van der Waals surface area contributed by atoms with Crippen LogP contribution in [0, 0.1) is 0 Å². The zero-order valence-corrected chi connectivity index (χ0v) is 12.3. The van der Waals surface area contributed by atoms with Gasteiger partial charge in [0.25, 0.3) is 5.89 Å². The topological polar surface area (TPSA) is 73.1 Å². The lowest BCUT2D eigenvalue weighted by Gasteiger charge is -2.21. The molecule has 0 spiro atoms. The molecule has 7 heteroatoms. The van der Waals surface area contributed by atoms with Crippen LogP contribution in [-0.2, 0) is 13.6 Å². The molecular formula is C15H17N5O2. The highest BCUT2D eigenvalue weighted by Crippen LogP contribution is 2.32. The summed E-state index contributed by atoms with van der Waals surface area (Å²) < 4.78 is 12.8. The highest BCUT2D eigenvalue weighted by atomic mass is 16.4. The molecule has 0 aromatic carbocycles. The minimum atomic E-state index is 0.368. The van der Waals surface area contributed by atoms with Crippen LogP contribution in [-0.4, -0.2) is 31.4 Å². The molecular weight excluding hydrogens is 282 g/mol. The Bertz CT molecular complexity index is 746. The SMILES string of the molecule is Cn1cc([C@H]2CCCN2Cc2nnc(-c3ccco3)o2)cn1. The van der Waals surface area contributed by atoms with Crippen molar-refractivity contribution in [3.05, 3.63) is 42.2 Å². The number of rotatable bonds is 4. The van der Waals surface area contributed by atoms with E-state index in [1.54, 1.807) is 12.3 Å². The van der Waals surface area contributed by atoms with E-state index in [-0.39, 0.29) is 0 Å². The lowest BCUT2D eigenvalue weighted by molar-refractivity contribution is 0.224. The Labute approximate surface area is 127 Å². The number of likely N-dealkylation sites (tertiary alicyclic amines) is 1. The fourth-order valence-corrected chi connectivity index (χ4v) is 3.00. The van der Waals surface area contributed by atoms with Gasteiger partial charge in [-0.2, -0.15) is 5.10 Å². The molecule has 1 atom stereocenters. The summed E-state index contributed by atoms with van der Waals surface area (Å²) in [6.07, 6.45) is 7.90. The Hall–Kier alpha value is -2.41. The predicted molar refractivity (Wildman–Crippen MR) is 77.6 cm³/mol. The molecule has 0 bridgehead atoms. The van der Waals surface area contributed by atoms with Gasteiger partial charge in [0.05, 0.1) is 19.0 Å². The van der Waals surface area contributed by atoms with Gasteiger partial charge in [-0.3, -0.25) is 9.58 Å². The quantitative estimate of drug-likeness (QED) is 0.736. The van der Waals surface area contributed by atoms with Gasteiger partial charge in [0.2, 0.25) is 5.89 Å². The summed E-state index contributed by atoms with van der Waals surface area (Å²) in [6, 6.07) is 3.98. The summed E-state index contributed by atoms with van der Waals surface area (Å²) in [5.41, 5.74) is 1.24. The molecule has 22 heavy (non-hydrogen) atoms. The van der Waals surface area contributed by atoms with Crippen molar-refractivity contribution in [1.29, 1.82) is 0 Å². The van der Waals surface area contributed by atoms with Crippen LogP contribution >= 0.6 is 0 Å². The first-order valence-corrected chi connectivity index (χ1v) is 7.38. The lowest BCUT2D eigenvalue weighted by atomic mass is 10.1. The average Bonchev–Trinajstić information content (AvgIpc) is 3.26. The highest BCUT2D eigenvalue weighted by molar-refractivity contribution is 5.42. The van der Waals surface area contributed by atoms with Crippen LogP contribution in [0.15, 0.2) is 39.6 Å². The van der Waals surface area contributed by atoms with Gasteiger partial charge in [-0.15, -0.1) is 10.2 Å². The maximum absolute atomic E-state index is 5.70. The van der Waals surface area contributed by atoms with Crippen LogP contribution in [0.4, 0.5) is 0 Å². The molecule has 1 aliphatic heterocycles. The van der Waals surface area contributed by atoms with Gasteiger partial charge >= 0.3 is 0 Å². The van der Waals surface area contributed by atoms with Crippen LogP contribution in [0.3, 0.4) is 0 Å². The van der Waals surface area contributed by atoms with Crippen LogP contribution in [0.25, 0.3) is 11.7 Å². The zero-order valence-electron chi connectivity index (χ0n) is 12.3. The average molecular weight is 299 g/mol. The third kappa shape index (κ3) is 2.43. The van der Waals surface area contributed by atoms with Gasteiger partial charge in [-0.25, -0.2) is 0 Å². The lowest BCUT2D eigenvalue weighted by Crippen LogP contribution is -2.22. The van der Waals surface area contributed by atoms with E-state index in [0.29, 0.717) is 30.1 Å². The van der Waals surface area contributed by atoms with E-state index in [0.717, 1.165) is 13.0 Å². The normalized spacial score (nSPS) is 19.0. The van der Waals surface area contributed by atoms with Crippen LogP contribution in [0.5, 0.6) is 0 Å². The Morgan fingerprint density at radius 2 is 2.32 bits per heavy atom. The molecule has 3 aromatic heterocycles. The minimum absolute atomic E-state index is 0.368. The molecule has 1 saturated heterocycles. The minimum Gasteiger partial charge on any atom is -0.459 e. The van der Waals surface area contributed by atoms with E-state index < -0.39 is 0 Å². The van der Waals surface area contributed by atoms with Gasteiger partial charge in [0.1, 0.15) is 0 Å². The molecule has 1 fully saturated rings. The Balaban J connectivity index is 1.50. The highest BCUT2D eigenvalue weighted by Gasteiger charge is 2.28. The Morgan fingerprint density at radius 1 is 1.36 bits per heavy atom. The number of furan rings is 1. The molecule has 0 radical (unpaired) electrons. The Kier molecular flexibility index (Phi) is 3.27. The molecule has 0 amide bonds. The summed E-state index contributed by atoms with van der Waals surface area (Å²) in [5, 5.41) is 12.4. The molecule has 7 nitrogen and oxygen atoms in total. The zero-order chi connectivity index (χ0) is 14.9. The summed E-state index contributed by atoms with van der Waals surface area (Å²) in [4.78, 5) is 2.36. The van der Waals surface area contributed by atoms with Gasteiger partial charge in [-0.05, 0) is 31.5 Å². The first kappa shape index (κ1) is 13.3. The fourth-order valence-electron chi connectivity index (χ4n) is 3.00. The third-order valence-electron chi connectivity index (χ3n) is 4.01. The number of hydrogen-bond acceptors (Lipinski definition) is 6. The van der Waals surface area contributed by atoms with Gasteiger partial charge in [0, 0.05) is 24.8 Å². The maximum atomic E-state index is 5.70. The van der Waals surface area contributed by atoms with Crippen molar-refractivity contribution in [2.75, 3.05) is 6.54 Å². The summed E-state index contributed by atoms with van der Waals surface area (Å²) in [7, 11) is 1.94. The second-order valence-corrected chi connectivity index (χ2v) is 5.55. The molecule has 114 valence electrons. The van der Waals surface area contributed by atoms with Gasteiger partial charge in [0.15, 0.2) is 5.76 Å². The summed E-state index contributed by atoms with van der Waals surface area (Å²) in [5.74, 6) is 1.64. The summed E-state index contributed by atoms with van der Waals surface area (Å²) in [6.45, 7) is 1.67. The smallest absolute Gasteiger partial charge is 0.283 e. The molecule has 4 rings (SSSR count). The molecule has 0 N–H and O–H groups in total. The largest absolute Gasteiger partial charge is 0.459 e. The molecule has 0 unspecified atom stereocenters. The standard InChI is InChI=1S/C15H17N5O2/c1-19-9-11(8-16-19)12-4-2-6-20(12)10-14-17-18-15(22-14)13-5-3-7-21-13/h3,5,7-9,12H,2,4,6,10H2,1H3/t12-/m1/s1. The van der Waals surface area contributed by atoms with E-state index >= 15 is 0 Å². The number of aryl methyl sites for hydroxylation is 1. The van der Waals surface area contributed by atoms with Crippen molar-refractivity contribution < 1.29 is 8.83 Å². The van der Waals surface area contributed by atoms with Gasteiger partial charge in [-0.1, -0.05) is 0 Å². The third-order valence-corrected chi connectivity index (χ3v) is 4.01. The summed E-state index contributed by atoms with van der Waals surface area (Å²) >= 11 is 0. The molecule has 0 saturated carbocycles.